The normalized spacial score (nSPS) is 15.8. The highest BCUT2D eigenvalue weighted by molar-refractivity contribution is 5.63. The van der Waals surface area contributed by atoms with Gasteiger partial charge in [-0.2, -0.15) is 0 Å². The van der Waals surface area contributed by atoms with E-state index in [1.165, 1.54) is 55.8 Å². The molecule has 1 N–H and O–H groups in total. The molecule has 0 saturated heterocycles. The molecule has 2 aliphatic rings. The van der Waals surface area contributed by atoms with Crippen LogP contribution in [0.1, 0.15) is 186 Å². The summed E-state index contributed by atoms with van der Waals surface area (Å²) in [5, 5.41) is 3.97. The molecule has 270 valence electrons. The van der Waals surface area contributed by atoms with Crippen LogP contribution in [-0.2, 0) is 0 Å². The number of rotatable bonds is 10. The molecule has 0 radical (unpaired) electrons. The summed E-state index contributed by atoms with van der Waals surface area (Å²) in [5.74, 6) is 2.97. The Kier molecular flexibility index (Phi) is 19.4. The van der Waals surface area contributed by atoms with Crippen molar-refractivity contribution in [2.75, 3.05) is 5.32 Å². The molecule has 2 atom stereocenters. The second-order valence-electron chi connectivity index (χ2n) is 14.4. The predicted octanol–water partition coefficient (Wildman–Crippen LogP) is 15.6. The molecule has 4 rings (SSSR count). The van der Waals surface area contributed by atoms with Gasteiger partial charge in [-0.3, -0.25) is 0 Å². The molecule has 0 saturated carbocycles. The first-order valence-electron chi connectivity index (χ1n) is 19.4. The van der Waals surface area contributed by atoms with Crippen molar-refractivity contribution in [2.45, 2.75) is 153 Å². The molecule has 2 aliphatic carbocycles. The lowest BCUT2D eigenvalue weighted by Gasteiger charge is -2.30. The van der Waals surface area contributed by atoms with Crippen LogP contribution in [-0.4, -0.2) is 0 Å². The molecule has 2 aromatic rings. The van der Waals surface area contributed by atoms with Gasteiger partial charge >= 0.3 is 0 Å². The summed E-state index contributed by atoms with van der Waals surface area (Å²) in [6, 6.07) is 11.7. The van der Waals surface area contributed by atoms with Crippen LogP contribution < -0.4 is 5.32 Å². The van der Waals surface area contributed by atoms with Crippen LogP contribution in [0.4, 0.5) is 5.69 Å². The molecule has 0 bridgehead atoms. The van der Waals surface area contributed by atoms with Crippen molar-refractivity contribution in [3.8, 4) is 0 Å². The zero-order chi connectivity index (χ0) is 37.4. The van der Waals surface area contributed by atoms with Gasteiger partial charge in [-0.15, -0.1) is 6.58 Å². The number of para-hydroxylation sites is 1. The first-order chi connectivity index (χ1) is 23.3. The summed E-state index contributed by atoms with van der Waals surface area (Å²) in [7, 11) is 0. The summed E-state index contributed by atoms with van der Waals surface area (Å²) in [4.78, 5) is 0. The highest BCUT2D eigenvalue weighted by atomic mass is 14.9. The zero-order valence-electron chi connectivity index (χ0n) is 34.5. The molecule has 0 aliphatic heterocycles. The maximum Gasteiger partial charge on any atom is 0.0701 e. The zero-order valence-corrected chi connectivity index (χ0v) is 34.5. The number of hydrogen-bond donors (Lipinski definition) is 1. The van der Waals surface area contributed by atoms with Crippen molar-refractivity contribution in [1.29, 1.82) is 0 Å². The molecule has 0 fully saturated rings. The summed E-state index contributed by atoms with van der Waals surface area (Å²) >= 11 is 0. The quantitative estimate of drug-likeness (QED) is 0.249. The van der Waals surface area contributed by atoms with Gasteiger partial charge in [0.15, 0.2) is 0 Å². The summed E-state index contributed by atoms with van der Waals surface area (Å²) in [6.07, 6.45) is 18.8. The lowest BCUT2D eigenvalue weighted by Crippen LogP contribution is -2.18. The Morgan fingerprint density at radius 2 is 1.24 bits per heavy atom. The molecule has 2 unspecified atom stereocenters. The number of allylic oxidation sites excluding steroid dienone is 10. The van der Waals surface area contributed by atoms with Crippen molar-refractivity contribution < 1.29 is 0 Å². The van der Waals surface area contributed by atoms with Gasteiger partial charge in [0.25, 0.3) is 0 Å². The average Bonchev–Trinajstić information content (AvgIpc) is 3.11. The topological polar surface area (TPSA) is 12.0 Å². The van der Waals surface area contributed by atoms with Crippen LogP contribution in [0.15, 0.2) is 102 Å². The van der Waals surface area contributed by atoms with Gasteiger partial charge in [-0.05, 0) is 100.0 Å². The van der Waals surface area contributed by atoms with E-state index in [1.807, 2.05) is 27.7 Å². The summed E-state index contributed by atoms with van der Waals surface area (Å²) < 4.78 is 0. The Balaban J connectivity index is 0.000000551. The van der Waals surface area contributed by atoms with Crippen LogP contribution in [0, 0.1) is 5.92 Å². The smallest absolute Gasteiger partial charge is 0.0701 e. The predicted molar refractivity (Wildman–Crippen MR) is 225 cm³/mol. The first-order valence-corrected chi connectivity index (χ1v) is 19.4. The molecular weight excluding hydrogens is 591 g/mol. The minimum Gasteiger partial charge on any atom is -0.374 e. The fourth-order valence-corrected chi connectivity index (χ4v) is 6.52. The minimum absolute atomic E-state index is 0.0772. The molecule has 1 nitrogen and oxygen atoms in total. The van der Waals surface area contributed by atoms with E-state index in [2.05, 4.69) is 174 Å². The van der Waals surface area contributed by atoms with Gasteiger partial charge in [0.2, 0.25) is 0 Å². The monoisotopic (exact) mass is 664 g/mol. The van der Waals surface area contributed by atoms with E-state index < -0.39 is 0 Å². The van der Waals surface area contributed by atoms with Crippen LogP contribution in [0.3, 0.4) is 0 Å². The van der Waals surface area contributed by atoms with Gasteiger partial charge in [0, 0.05) is 11.6 Å². The lowest BCUT2D eigenvalue weighted by atomic mass is 9.81. The Morgan fingerprint density at radius 1 is 0.735 bits per heavy atom. The molecule has 49 heavy (non-hydrogen) atoms. The van der Waals surface area contributed by atoms with Crippen LogP contribution in [0.25, 0.3) is 0 Å². The van der Waals surface area contributed by atoms with Gasteiger partial charge in [0.05, 0.1) is 6.04 Å². The van der Waals surface area contributed by atoms with Crippen molar-refractivity contribution in [1.82, 2.24) is 0 Å². The number of fused-ring (bicyclic) bond motifs is 1. The largest absolute Gasteiger partial charge is 0.374 e. The van der Waals surface area contributed by atoms with Crippen molar-refractivity contribution in [3.63, 3.8) is 0 Å². The molecule has 1 heteroatoms. The Bertz CT molecular complexity index is 1410. The average molecular weight is 664 g/mol. The summed E-state index contributed by atoms with van der Waals surface area (Å²) in [6.45, 7) is 39.5. The van der Waals surface area contributed by atoms with Crippen molar-refractivity contribution in [3.05, 3.63) is 136 Å². The minimum atomic E-state index is 0.0772. The van der Waals surface area contributed by atoms with Crippen LogP contribution in [0.2, 0.25) is 0 Å². The van der Waals surface area contributed by atoms with Gasteiger partial charge in [-0.25, -0.2) is 0 Å². The van der Waals surface area contributed by atoms with Crippen molar-refractivity contribution in [2.24, 2.45) is 5.92 Å². The third-order valence-electron chi connectivity index (χ3n) is 9.37. The highest BCUT2D eigenvalue weighted by Gasteiger charge is 2.24. The molecule has 0 aromatic heterocycles. The van der Waals surface area contributed by atoms with Crippen LogP contribution >= 0.6 is 0 Å². The van der Waals surface area contributed by atoms with E-state index in [1.54, 1.807) is 0 Å². The van der Waals surface area contributed by atoms with E-state index >= 15 is 0 Å². The maximum absolute atomic E-state index is 4.28. The third-order valence-corrected chi connectivity index (χ3v) is 9.37. The fraction of sp³-hybridized carbons (Fsp3) is 0.500. The number of benzene rings is 2. The maximum atomic E-state index is 4.28. The van der Waals surface area contributed by atoms with Gasteiger partial charge < -0.3 is 5.32 Å². The number of hydrogen-bond acceptors (Lipinski definition) is 1. The van der Waals surface area contributed by atoms with E-state index in [4.69, 9.17) is 0 Å². The first kappa shape index (κ1) is 43.7. The Labute approximate surface area is 304 Å². The number of nitrogens with one attached hydrogen (secondary N) is 1. The van der Waals surface area contributed by atoms with Gasteiger partial charge in [0.1, 0.15) is 0 Å². The summed E-state index contributed by atoms with van der Waals surface area (Å²) in [5.41, 5.74) is 14.1. The van der Waals surface area contributed by atoms with E-state index in [0.29, 0.717) is 35.5 Å². The Hall–Kier alpha value is -3.32. The molecule has 2 aromatic carbocycles. The number of anilines is 1. The molecular formula is C48H73N. The molecule has 0 heterocycles. The second kappa shape index (κ2) is 21.7. The van der Waals surface area contributed by atoms with E-state index in [-0.39, 0.29) is 6.04 Å². The fourth-order valence-electron chi connectivity index (χ4n) is 6.52. The van der Waals surface area contributed by atoms with E-state index in [9.17, 15) is 0 Å². The van der Waals surface area contributed by atoms with E-state index in [0.717, 1.165) is 6.42 Å². The lowest BCUT2D eigenvalue weighted by molar-refractivity contribution is 0.759. The molecule has 0 amide bonds. The second-order valence-corrected chi connectivity index (χ2v) is 14.4. The van der Waals surface area contributed by atoms with Crippen molar-refractivity contribution >= 4 is 5.69 Å². The van der Waals surface area contributed by atoms with Gasteiger partial charge in [-0.1, -0.05) is 176 Å². The van der Waals surface area contributed by atoms with Crippen LogP contribution in [0.5, 0.6) is 0 Å². The highest BCUT2D eigenvalue weighted by Crippen LogP contribution is 2.40. The standard InChI is InChI=1S/C30H45N.C14H16.2C2H6/c1-12-28(31-30-24(19(4)5)14-13-15-25(30)20(6)7)29-26(21(8)9)16-23(18(2)3)17-27(29)22(10)11;1-3-11(2)13-10-6-8-12-7-4-5-9-14(12)13;2*1-2/h12-22,28,31H,1H2,2-11H3;3-7,9-10,12H,8H2,1-2H3;2*1-2H3/b;11-3+;;. The Morgan fingerprint density at radius 3 is 1.67 bits per heavy atom. The SMILES string of the molecule is C/C=C(\C)C1=C2C=CC=CC2CC=C1.C=CC(Nc1c(C(C)C)cccc1C(C)C)c1c(C(C)C)cc(C(C)C)cc1C(C)C.CC.CC. The molecule has 0 spiro atoms. The third kappa shape index (κ3) is 11.6.